The molecule has 0 aromatic heterocycles. The van der Waals surface area contributed by atoms with Crippen LogP contribution in [-0.4, -0.2) is 49.4 Å². The number of sulfonamides is 1. The van der Waals surface area contributed by atoms with Crippen molar-refractivity contribution in [2.45, 2.75) is 51.0 Å². The highest BCUT2D eigenvalue weighted by Gasteiger charge is 2.29. The number of rotatable bonds is 9. The number of aliphatic carboxylic acids is 1. The van der Waals surface area contributed by atoms with E-state index in [1.54, 1.807) is 13.0 Å². The maximum Gasteiger partial charge on any atom is 0.305 e. The summed E-state index contributed by atoms with van der Waals surface area (Å²) in [5.41, 5.74) is 0.944. The van der Waals surface area contributed by atoms with Crippen LogP contribution in [0.3, 0.4) is 0 Å². The topological polar surface area (TPSA) is 104 Å². The van der Waals surface area contributed by atoms with Gasteiger partial charge in [0.2, 0.25) is 10.0 Å². The van der Waals surface area contributed by atoms with Crippen molar-refractivity contribution in [1.29, 1.82) is 0 Å². The lowest BCUT2D eigenvalue weighted by molar-refractivity contribution is -0.137. The van der Waals surface area contributed by atoms with Crippen LogP contribution in [0.2, 0.25) is 0 Å². The van der Waals surface area contributed by atoms with Crippen molar-refractivity contribution >= 4 is 21.9 Å². The molecule has 7 nitrogen and oxygen atoms in total. The van der Waals surface area contributed by atoms with E-state index < -0.39 is 16.0 Å². The first-order chi connectivity index (χ1) is 12.1. The van der Waals surface area contributed by atoms with Gasteiger partial charge in [0.15, 0.2) is 0 Å². The van der Waals surface area contributed by atoms with E-state index >= 15 is 0 Å². The number of carbonyl (C=O) groups excluding carboxylic acids is 1. The lowest BCUT2D eigenvalue weighted by Crippen LogP contribution is -2.36. The Morgan fingerprint density at radius 1 is 1.31 bits per heavy atom. The van der Waals surface area contributed by atoms with Gasteiger partial charge in [0, 0.05) is 24.7 Å². The van der Waals surface area contributed by atoms with E-state index in [0.29, 0.717) is 12.1 Å². The maximum atomic E-state index is 12.9. The van der Waals surface area contributed by atoms with Crippen molar-refractivity contribution in [2.75, 3.05) is 13.1 Å². The second-order valence-electron chi connectivity index (χ2n) is 7.16. The number of carboxylic acid groups (broad SMARTS) is 1. The zero-order valence-corrected chi connectivity index (χ0v) is 16.2. The lowest BCUT2D eigenvalue weighted by Gasteiger charge is -2.25. The molecule has 0 spiro atoms. The predicted molar refractivity (Wildman–Crippen MR) is 97.5 cm³/mol. The first-order valence-corrected chi connectivity index (χ1v) is 10.2. The molecule has 26 heavy (non-hydrogen) atoms. The Balaban J connectivity index is 2.29. The lowest BCUT2D eigenvalue weighted by atomic mass is 10.1. The average Bonchev–Trinajstić information content (AvgIpc) is 3.33. The Morgan fingerprint density at radius 2 is 1.96 bits per heavy atom. The zero-order chi connectivity index (χ0) is 19.5. The maximum absolute atomic E-state index is 12.9. The van der Waals surface area contributed by atoms with Crippen molar-refractivity contribution < 1.29 is 23.1 Å². The number of benzene rings is 1. The number of nitrogens with one attached hydrogen (secondary N) is 1. The Labute approximate surface area is 154 Å². The summed E-state index contributed by atoms with van der Waals surface area (Å²) in [5.74, 6) is -1.16. The van der Waals surface area contributed by atoms with Crippen LogP contribution in [0.5, 0.6) is 0 Å². The van der Waals surface area contributed by atoms with Crippen LogP contribution in [0.4, 0.5) is 0 Å². The number of nitrogens with zero attached hydrogens (tertiary/aromatic N) is 1. The number of aryl methyl sites for hydroxylation is 1. The first kappa shape index (κ1) is 20.4. The molecule has 1 aromatic rings. The highest BCUT2D eigenvalue weighted by Crippen LogP contribution is 2.24. The van der Waals surface area contributed by atoms with Gasteiger partial charge in [-0.25, -0.2) is 13.1 Å². The number of hydrogen-bond acceptors (Lipinski definition) is 4. The molecule has 0 atom stereocenters. The minimum absolute atomic E-state index is 0.0199. The molecule has 8 heteroatoms. The third-order valence-electron chi connectivity index (χ3n) is 4.12. The molecule has 0 unspecified atom stereocenters. The van der Waals surface area contributed by atoms with Gasteiger partial charge in [-0.3, -0.25) is 9.59 Å². The van der Waals surface area contributed by atoms with Gasteiger partial charge >= 0.3 is 5.97 Å². The fraction of sp³-hybridized carbons (Fsp3) is 0.556. The summed E-state index contributed by atoms with van der Waals surface area (Å²) in [5, 5.41) is 8.92. The Morgan fingerprint density at radius 3 is 2.50 bits per heavy atom. The molecule has 1 saturated carbocycles. The van der Waals surface area contributed by atoms with Crippen LogP contribution < -0.4 is 4.72 Å². The van der Waals surface area contributed by atoms with E-state index in [2.05, 4.69) is 4.72 Å². The fourth-order valence-corrected chi connectivity index (χ4v) is 3.94. The Hall–Kier alpha value is -1.93. The van der Waals surface area contributed by atoms with Crippen molar-refractivity contribution in [3.63, 3.8) is 0 Å². The minimum atomic E-state index is -3.66. The third-order valence-corrected chi connectivity index (χ3v) is 5.64. The van der Waals surface area contributed by atoms with Crippen LogP contribution in [-0.2, 0) is 14.8 Å². The molecule has 144 valence electrons. The molecule has 1 amide bonds. The molecule has 2 rings (SSSR count). The summed E-state index contributed by atoms with van der Waals surface area (Å²) in [6, 6.07) is 4.46. The standard InChI is InChI=1S/C18H26N2O5S/c1-12(2)11-20(9-8-17(21)22)18(23)16-10-15(7-4-13(16)3)26(24,25)19-14-5-6-14/h4,7,10,12,14,19H,5-6,8-9,11H2,1-3H3,(H,21,22). The quantitative estimate of drug-likeness (QED) is 0.680. The summed E-state index contributed by atoms with van der Waals surface area (Å²) < 4.78 is 27.4. The first-order valence-electron chi connectivity index (χ1n) is 8.74. The predicted octanol–water partition coefficient (Wildman–Crippen LogP) is 2.01. The van der Waals surface area contributed by atoms with Crippen LogP contribution in [0.25, 0.3) is 0 Å². The molecule has 1 aromatic carbocycles. The summed E-state index contributed by atoms with van der Waals surface area (Å²) in [6.45, 7) is 6.11. The van der Waals surface area contributed by atoms with Gasteiger partial charge < -0.3 is 10.0 Å². The highest BCUT2D eigenvalue weighted by atomic mass is 32.2. The zero-order valence-electron chi connectivity index (χ0n) is 15.4. The summed E-state index contributed by atoms with van der Waals surface area (Å²) in [6.07, 6.45) is 1.50. The minimum Gasteiger partial charge on any atom is -0.481 e. The molecule has 0 heterocycles. The van der Waals surface area contributed by atoms with Crippen molar-refractivity contribution in [3.05, 3.63) is 29.3 Å². The van der Waals surface area contributed by atoms with Crippen molar-refractivity contribution in [3.8, 4) is 0 Å². The fourth-order valence-electron chi connectivity index (χ4n) is 2.60. The van der Waals surface area contributed by atoms with Gasteiger partial charge in [-0.05, 0) is 43.4 Å². The van der Waals surface area contributed by atoms with Gasteiger partial charge in [-0.1, -0.05) is 19.9 Å². The number of amides is 1. The van der Waals surface area contributed by atoms with Crippen LogP contribution >= 0.6 is 0 Å². The molecule has 1 fully saturated rings. The molecular weight excluding hydrogens is 356 g/mol. The van der Waals surface area contributed by atoms with Gasteiger partial charge in [0.05, 0.1) is 11.3 Å². The molecule has 2 N–H and O–H groups in total. The average molecular weight is 382 g/mol. The third kappa shape index (κ3) is 5.54. The number of carbonyl (C=O) groups is 2. The van der Waals surface area contributed by atoms with Gasteiger partial charge in [0.25, 0.3) is 5.91 Å². The smallest absolute Gasteiger partial charge is 0.305 e. The number of hydrogen-bond donors (Lipinski definition) is 2. The van der Waals surface area contributed by atoms with Crippen LogP contribution in [0, 0.1) is 12.8 Å². The van der Waals surface area contributed by atoms with Crippen LogP contribution in [0.1, 0.15) is 49.0 Å². The second kappa shape index (κ2) is 8.18. The van der Waals surface area contributed by atoms with E-state index in [-0.39, 0.29) is 41.3 Å². The van der Waals surface area contributed by atoms with Gasteiger partial charge in [0.1, 0.15) is 0 Å². The Bertz CT molecular complexity index is 785. The van der Waals surface area contributed by atoms with E-state index in [4.69, 9.17) is 5.11 Å². The van der Waals surface area contributed by atoms with E-state index in [1.807, 2.05) is 13.8 Å². The SMILES string of the molecule is Cc1ccc(S(=O)(=O)NC2CC2)cc1C(=O)N(CCC(=O)O)CC(C)C. The van der Waals surface area contributed by atoms with E-state index in [9.17, 15) is 18.0 Å². The normalized spacial score (nSPS) is 14.5. The monoisotopic (exact) mass is 382 g/mol. The molecule has 1 aliphatic rings. The Kier molecular flexibility index (Phi) is 6.41. The van der Waals surface area contributed by atoms with Crippen molar-refractivity contribution in [2.24, 2.45) is 5.92 Å². The van der Waals surface area contributed by atoms with Gasteiger partial charge in [-0.15, -0.1) is 0 Å². The van der Waals surface area contributed by atoms with Crippen LogP contribution in [0.15, 0.2) is 23.1 Å². The molecule has 0 saturated heterocycles. The highest BCUT2D eigenvalue weighted by molar-refractivity contribution is 7.89. The molecule has 0 aliphatic heterocycles. The van der Waals surface area contributed by atoms with E-state index in [0.717, 1.165) is 12.8 Å². The number of carboxylic acids is 1. The van der Waals surface area contributed by atoms with Gasteiger partial charge in [-0.2, -0.15) is 0 Å². The molecule has 0 bridgehead atoms. The van der Waals surface area contributed by atoms with Crippen molar-refractivity contribution in [1.82, 2.24) is 9.62 Å². The molecular formula is C18H26N2O5S. The summed E-state index contributed by atoms with van der Waals surface area (Å²) in [7, 11) is -3.66. The summed E-state index contributed by atoms with van der Waals surface area (Å²) in [4.78, 5) is 25.4. The summed E-state index contributed by atoms with van der Waals surface area (Å²) >= 11 is 0. The van der Waals surface area contributed by atoms with E-state index in [1.165, 1.54) is 17.0 Å². The second-order valence-corrected chi connectivity index (χ2v) is 8.88. The largest absolute Gasteiger partial charge is 0.481 e. The molecule has 0 radical (unpaired) electrons. The molecule has 1 aliphatic carbocycles.